The minimum Gasteiger partial charge on any atom is -0.354 e. The average Bonchev–Trinajstić information content (AvgIpc) is 3.16. The van der Waals surface area contributed by atoms with E-state index in [9.17, 15) is 27.2 Å². The first kappa shape index (κ1) is 29.9. The van der Waals surface area contributed by atoms with E-state index in [1.54, 1.807) is 30.3 Å². The van der Waals surface area contributed by atoms with E-state index >= 15 is 0 Å². The number of rotatable bonds is 13. The number of hydrogen-bond acceptors (Lipinski definition) is 5. The summed E-state index contributed by atoms with van der Waals surface area (Å²) < 4.78 is 41.3. The van der Waals surface area contributed by atoms with Gasteiger partial charge in [-0.05, 0) is 36.6 Å². The van der Waals surface area contributed by atoms with Crippen LogP contribution in [0.2, 0.25) is 0 Å². The third kappa shape index (κ3) is 7.00. The fraction of sp³-hybridized carbons (Fsp3) is 0.323. The lowest BCUT2D eigenvalue weighted by molar-refractivity contribution is -0.141. The summed E-state index contributed by atoms with van der Waals surface area (Å²) in [5.41, 5.74) is 1.20. The van der Waals surface area contributed by atoms with E-state index in [4.69, 9.17) is 0 Å². The van der Waals surface area contributed by atoms with Gasteiger partial charge in [-0.25, -0.2) is 17.1 Å². The quantitative estimate of drug-likeness (QED) is 0.304. The molecule has 4 rings (SSSR count). The van der Waals surface area contributed by atoms with Crippen LogP contribution in [0.25, 0.3) is 0 Å². The Morgan fingerprint density at radius 3 is 2.34 bits per heavy atom. The summed E-state index contributed by atoms with van der Waals surface area (Å²) in [7, 11) is -4.01. The van der Waals surface area contributed by atoms with Crippen molar-refractivity contribution in [3.05, 3.63) is 101 Å². The zero-order valence-electron chi connectivity index (χ0n) is 23.0. The Labute approximate surface area is 240 Å². The molecule has 3 amide bonds. The average molecular weight is 580 g/mol. The molecule has 1 atom stereocenters. The predicted octanol–water partition coefficient (Wildman–Crippen LogP) is 4.31. The van der Waals surface area contributed by atoms with Gasteiger partial charge in [0.15, 0.2) is 0 Å². The molecule has 0 bridgehead atoms. The fourth-order valence-corrected chi connectivity index (χ4v) is 6.45. The molecule has 3 aromatic carbocycles. The third-order valence-corrected chi connectivity index (χ3v) is 8.90. The molecule has 1 aliphatic rings. The van der Waals surface area contributed by atoms with Crippen LogP contribution in [0.3, 0.4) is 0 Å². The molecule has 3 aromatic rings. The van der Waals surface area contributed by atoms with Crippen molar-refractivity contribution in [2.45, 2.75) is 56.5 Å². The molecule has 0 spiro atoms. The Kier molecular flexibility index (Phi) is 9.88. The normalized spacial score (nSPS) is 14.4. The number of hydrogen-bond donors (Lipinski definition) is 1. The molecule has 1 heterocycles. The molecule has 0 saturated carbocycles. The summed E-state index contributed by atoms with van der Waals surface area (Å²) >= 11 is 0. The van der Waals surface area contributed by atoms with E-state index in [2.05, 4.69) is 5.32 Å². The SMILES string of the molecule is CCCCNC(=O)[C@@H](Cc1ccccc1)N(Cc1ccccc1F)C(=O)CCCN1C(=O)c2ccccc2S1(=O)=O. The van der Waals surface area contributed by atoms with Crippen LogP contribution in [-0.2, 0) is 32.6 Å². The van der Waals surface area contributed by atoms with E-state index < -0.39 is 33.7 Å². The number of unbranched alkanes of at least 4 members (excludes halogenated alkanes) is 1. The Morgan fingerprint density at radius 2 is 1.63 bits per heavy atom. The summed E-state index contributed by atoms with van der Waals surface area (Å²) in [6.07, 6.45) is 1.77. The maximum atomic E-state index is 14.7. The van der Waals surface area contributed by atoms with Crippen molar-refractivity contribution in [3.8, 4) is 0 Å². The maximum Gasteiger partial charge on any atom is 0.269 e. The molecule has 216 valence electrons. The van der Waals surface area contributed by atoms with Crippen LogP contribution in [0.4, 0.5) is 4.39 Å². The second-order valence-corrected chi connectivity index (χ2v) is 11.8. The van der Waals surface area contributed by atoms with Crippen molar-refractivity contribution in [2.75, 3.05) is 13.1 Å². The van der Waals surface area contributed by atoms with Gasteiger partial charge in [-0.2, -0.15) is 0 Å². The smallest absolute Gasteiger partial charge is 0.269 e. The molecule has 0 fully saturated rings. The molecular formula is C31H34FN3O5S. The highest BCUT2D eigenvalue weighted by molar-refractivity contribution is 7.90. The van der Waals surface area contributed by atoms with Crippen LogP contribution in [0.15, 0.2) is 83.8 Å². The van der Waals surface area contributed by atoms with E-state index in [0.717, 1.165) is 22.7 Å². The maximum absolute atomic E-state index is 14.7. The standard InChI is InChI=1S/C31H34FN3O5S/c1-2-3-19-33-30(37)27(21-23-12-5-4-6-13-23)34(22-24-14-7-9-16-26(24)32)29(36)18-11-20-35-31(38)25-15-8-10-17-28(25)41(35,39)40/h4-10,12-17,27H,2-3,11,18-22H2,1H3,(H,33,37)/t27-/m1/s1. The third-order valence-electron chi connectivity index (χ3n) is 7.06. The number of nitrogens with one attached hydrogen (secondary N) is 1. The predicted molar refractivity (Wildman–Crippen MR) is 153 cm³/mol. The molecule has 0 radical (unpaired) electrons. The van der Waals surface area contributed by atoms with E-state index in [1.165, 1.54) is 23.1 Å². The minimum absolute atomic E-state index is 0.0427. The highest BCUT2D eigenvalue weighted by atomic mass is 32.2. The monoisotopic (exact) mass is 579 g/mol. The first-order chi connectivity index (χ1) is 19.7. The molecular weight excluding hydrogens is 545 g/mol. The van der Waals surface area contributed by atoms with Crippen molar-refractivity contribution >= 4 is 27.7 Å². The van der Waals surface area contributed by atoms with Gasteiger partial charge in [0.1, 0.15) is 16.8 Å². The first-order valence-corrected chi connectivity index (χ1v) is 15.2. The number of carbonyl (C=O) groups excluding carboxylic acids is 3. The fourth-order valence-electron chi connectivity index (χ4n) is 4.84. The van der Waals surface area contributed by atoms with Crippen LogP contribution in [0.1, 0.15) is 54.1 Å². The van der Waals surface area contributed by atoms with Gasteiger partial charge < -0.3 is 10.2 Å². The second kappa shape index (κ2) is 13.5. The lowest BCUT2D eigenvalue weighted by Gasteiger charge is -2.32. The van der Waals surface area contributed by atoms with Crippen LogP contribution in [-0.4, -0.2) is 54.5 Å². The Hall–Kier alpha value is -4.05. The van der Waals surface area contributed by atoms with Gasteiger partial charge in [0, 0.05) is 38.0 Å². The number of sulfonamides is 1. The van der Waals surface area contributed by atoms with Crippen molar-refractivity contribution in [3.63, 3.8) is 0 Å². The zero-order valence-corrected chi connectivity index (χ0v) is 23.8. The number of fused-ring (bicyclic) bond motifs is 1. The van der Waals surface area contributed by atoms with Gasteiger partial charge in [0.05, 0.1) is 5.56 Å². The number of benzene rings is 3. The van der Waals surface area contributed by atoms with Crippen molar-refractivity contribution in [2.24, 2.45) is 0 Å². The molecule has 41 heavy (non-hydrogen) atoms. The molecule has 1 N–H and O–H groups in total. The molecule has 0 aromatic heterocycles. The largest absolute Gasteiger partial charge is 0.354 e. The summed E-state index contributed by atoms with van der Waals surface area (Å²) in [5, 5.41) is 2.91. The summed E-state index contributed by atoms with van der Waals surface area (Å²) in [5.74, 6) is -1.92. The van der Waals surface area contributed by atoms with Crippen LogP contribution in [0, 0.1) is 5.82 Å². The van der Waals surface area contributed by atoms with Gasteiger partial charge >= 0.3 is 0 Å². The second-order valence-electron chi connectivity index (χ2n) is 9.95. The summed E-state index contributed by atoms with van der Waals surface area (Å²) in [4.78, 5) is 41.3. The molecule has 8 nitrogen and oxygen atoms in total. The number of halogens is 1. The molecule has 1 aliphatic heterocycles. The van der Waals surface area contributed by atoms with E-state index in [-0.39, 0.29) is 54.3 Å². The van der Waals surface area contributed by atoms with Gasteiger partial charge in [0.25, 0.3) is 15.9 Å². The zero-order chi connectivity index (χ0) is 29.4. The minimum atomic E-state index is -4.01. The van der Waals surface area contributed by atoms with Crippen LogP contribution >= 0.6 is 0 Å². The van der Waals surface area contributed by atoms with E-state index in [1.807, 2.05) is 37.3 Å². The van der Waals surface area contributed by atoms with Gasteiger partial charge in [0.2, 0.25) is 11.8 Å². The van der Waals surface area contributed by atoms with E-state index in [0.29, 0.717) is 6.54 Å². The number of amides is 3. The Morgan fingerprint density at radius 1 is 0.951 bits per heavy atom. The molecule has 0 aliphatic carbocycles. The Bertz CT molecular complexity index is 1500. The number of carbonyl (C=O) groups is 3. The topological polar surface area (TPSA) is 104 Å². The van der Waals surface area contributed by atoms with Crippen LogP contribution < -0.4 is 5.32 Å². The molecule has 10 heteroatoms. The van der Waals surface area contributed by atoms with Gasteiger partial charge in [-0.15, -0.1) is 0 Å². The summed E-state index contributed by atoms with van der Waals surface area (Å²) in [6, 6.07) is 20.4. The van der Waals surface area contributed by atoms with Crippen molar-refractivity contribution < 1.29 is 27.2 Å². The molecule has 0 saturated heterocycles. The van der Waals surface area contributed by atoms with Crippen molar-refractivity contribution in [1.82, 2.24) is 14.5 Å². The summed E-state index contributed by atoms with van der Waals surface area (Å²) in [6.45, 7) is 2.11. The first-order valence-electron chi connectivity index (χ1n) is 13.7. The van der Waals surface area contributed by atoms with Crippen molar-refractivity contribution in [1.29, 1.82) is 0 Å². The Balaban J connectivity index is 1.56. The lowest BCUT2D eigenvalue weighted by Crippen LogP contribution is -2.50. The molecule has 0 unspecified atom stereocenters. The lowest BCUT2D eigenvalue weighted by atomic mass is 10.0. The number of nitrogens with zero attached hydrogens (tertiary/aromatic N) is 2. The van der Waals surface area contributed by atoms with Gasteiger partial charge in [-0.3, -0.25) is 14.4 Å². The van der Waals surface area contributed by atoms with Crippen LogP contribution in [0.5, 0.6) is 0 Å². The highest BCUT2D eigenvalue weighted by Gasteiger charge is 2.40. The highest BCUT2D eigenvalue weighted by Crippen LogP contribution is 2.30. The van der Waals surface area contributed by atoms with Gasteiger partial charge in [-0.1, -0.05) is 74.0 Å².